The first-order valence-corrected chi connectivity index (χ1v) is 7.27. The fraction of sp³-hybridized carbons (Fsp3) is 0.0667. The predicted molar refractivity (Wildman–Crippen MR) is 90.6 cm³/mol. The van der Waals surface area contributed by atoms with Crippen LogP contribution < -0.4 is 20.7 Å². The van der Waals surface area contributed by atoms with Gasteiger partial charge in [0.15, 0.2) is 0 Å². The molecule has 0 saturated carbocycles. The van der Waals surface area contributed by atoms with Crippen LogP contribution in [0.4, 0.5) is 21.0 Å². The van der Waals surface area contributed by atoms with Gasteiger partial charge in [0.05, 0.1) is 15.7 Å². The minimum Gasteiger partial charge on any atom is -0.410 e. The Balaban J connectivity index is 2.06. The second-order valence-corrected chi connectivity index (χ2v) is 5.16. The molecule has 0 saturated heterocycles. The topological polar surface area (TPSA) is 79.5 Å². The molecule has 0 heterocycles. The number of hydrogen-bond donors (Lipinski definition) is 3. The second kappa shape index (κ2) is 7.71. The van der Waals surface area contributed by atoms with Crippen LogP contribution in [0.25, 0.3) is 0 Å². The van der Waals surface area contributed by atoms with E-state index < -0.39 is 6.09 Å². The molecule has 2 aromatic rings. The average Bonchev–Trinajstić information content (AvgIpc) is 2.51. The number of nitrogens with one attached hydrogen (secondary N) is 3. The molecular weight excluding hydrogens is 341 g/mol. The first kappa shape index (κ1) is 16.9. The van der Waals surface area contributed by atoms with E-state index in [9.17, 15) is 9.59 Å². The molecule has 120 valence electrons. The van der Waals surface area contributed by atoms with Crippen molar-refractivity contribution in [1.82, 2.24) is 5.32 Å². The molecule has 0 aromatic heterocycles. The van der Waals surface area contributed by atoms with E-state index in [-0.39, 0.29) is 17.5 Å². The van der Waals surface area contributed by atoms with Crippen LogP contribution in [-0.2, 0) is 0 Å². The zero-order valence-corrected chi connectivity index (χ0v) is 13.5. The Morgan fingerprint density at radius 2 is 1.65 bits per heavy atom. The van der Waals surface area contributed by atoms with Gasteiger partial charge in [-0.3, -0.25) is 5.32 Å². The lowest BCUT2D eigenvalue weighted by atomic mass is 10.3. The van der Waals surface area contributed by atoms with E-state index in [0.717, 1.165) is 0 Å². The fourth-order valence-electron chi connectivity index (χ4n) is 1.68. The molecular formula is C15H13Cl2N3O3. The lowest BCUT2D eigenvalue weighted by Crippen LogP contribution is -2.24. The minimum absolute atomic E-state index is 0.250. The quantitative estimate of drug-likeness (QED) is 0.766. The summed E-state index contributed by atoms with van der Waals surface area (Å²) in [5.74, 6) is 0.250. The van der Waals surface area contributed by atoms with Gasteiger partial charge in [-0.2, -0.15) is 0 Å². The van der Waals surface area contributed by atoms with Gasteiger partial charge in [-0.05, 0) is 24.3 Å². The summed E-state index contributed by atoms with van der Waals surface area (Å²) in [5.41, 5.74) is 0.742. The monoisotopic (exact) mass is 353 g/mol. The number of carbonyl (C=O) groups excluding carboxylic acids is 2. The molecule has 0 aliphatic carbocycles. The molecule has 0 bridgehead atoms. The van der Waals surface area contributed by atoms with Gasteiger partial charge >= 0.3 is 12.1 Å². The van der Waals surface area contributed by atoms with E-state index in [1.807, 2.05) is 0 Å². The van der Waals surface area contributed by atoms with Crippen LogP contribution in [0.1, 0.15) is 0 Å². The molecule has 0 unspecified atom stereocenters. The number of anilines is 2. The number of ether oxygens (including phenoxy) is 1. The maximum Gasteiger partial charge on any atom is 0.417 e. The summed E-state index contributed by atoms with van der Waals surface area (Å²) >= 11 is 11.9. The minimum atomic E-state index is -0.753. The van der Waals surface area contributed by atoms with Gasteiger partial charge in [0.2, 0.25) is 0 Å². The van der Waals surface area contributed by atoms with Gasteiger partial charge in [0.1, 0.15) is 5.75 Å². The molecule has 6 nitrogen and oxygen atoms in total. The number of rotatable bonds is 3. The number of carbonyl (C=O) groups is 2. The number of benzene rings is 2. The number of urea groups is 1. The molecule has 23 heavy (non-hydrogen) atoms. The fourth-order valence-corrected chi connectivity index (χ4v) is 2.17. The Labute approximate surface area is 142 Å². The molecule has 0 fully saturated rings. The Morgan fingerprint density at radius 1 is 1.00 bits per heavy atom. The average molecular weight is 354 g/mol. The molecule has 0 atom stereocenters. The van der Waals surface area contributed by atoms with Gasteiger partial charge < -0.3 is 15.4 Å². The van der Waals surface area contributed by atoms with Crippen LogP contribution in [0, 0.1) is 0 Å². The zero-order valence-electron chi connectivity index (χ0n) is 12.0. The highest BCUT2D eigenvalue weighted by Gasteiger charge is 2.11. The highest BCUT2D eigenvalue weighted by molar-refractivity contribution is 6.39. The third kappa shape index (κ3) is 4.77. The van der Waals surface area contributed by atoms with Crippen molar-refractivity contribution in [2.45, 2.75) is 0 Å². The first-order chi connectivity index (χ1) is 11.0. The molecule has 0 aliphatic heterocycles. The molecule has 3 amide bonds. The largest absolute Gasteiger partial charge is 0.417 e. The number of hydrogen-bond acceptors (Lipinski definition) is 3. The van der Waals surface area contributed by atoms with Crippen LogP contribution in [-0.4, -0.2) is 19.2 Å². The molecule has 2 aromatic carbocycles. The normalized spacial score (nSPS) is 9.87. The SMILES string of the molecule is CNC(=O)Nc1cccc(OC(=O)Nc2c(Cl)cccc2Cl)c1. The van der Waals surface area contributed by atoms with Crippen molar-refractivity contribution in [2.75, 3.05) is 17.7 Å². The molecule has 0 aliphatic rings. The highest BCUT2D eigenvalue weighted by atomic mass is 35.5. The first-order valence-electron chi connectivity index (χ1n) is 6.51. The molecule has 3 N–H and O–H groups in total. The smallest absolute Gasteiger partial charge is 0.410 e. The lowest BCUT2D eigenvalue weighted by molar-refractivity contribution is 0.215. The van der Waals surface area contributed by atoms with E-state index in [4.69, 9.17) is 27.9 Å². The number of amides is 3. The predicted octanol–water partition coefficient (Wildman–Crippen LogP) is 4.36. The summed E-state index contributed by atoms with van der Waals surface area (Å²) in [4.78, 5) is 23.2. The third-order valence-electron chi connectivity index (χ3n) is 2.72. The van der Waals surface area contributed by atoms with E-state index in [1.54, 1.807) is 36.4 Å². The van der Waals surface area contributed by atoms with Gasteiger partial charge in [0.25, 0.3) is 0 Å². The summed E-state index contributed by atoms with van der Waals surface area (Å²) < 4.78 is 5.15. The van der Waals surface area contributed by atoms with Crippen molar-refractivity contribution in [3.63, 3.8) is 0 Å². The molecule has 8 heteroatoms. The van der Waals surface area contributed by atoms with Gasteiger partial charge in [-0.15, -0.1) is 0 Å². The van der Waals surface area contributed by atoms with Crippen LogP contribution in [0.5, 0.6) is 5.75 Å². The van der Waals surface area contributed by atoms with E-state index in [1.165, 1.54) is 13.1 Å². The van der Waals surface area contributed by atoms with Crippen molar-refractivity contribution in [3.8, 4) is 5.75 Å². The van der Waals surface area contributed by atoms with Crippen molar-refractivity contribution in [2.24, 2.45) is 0 Å². The van der Waals surface area contributed by atoms with E-state index >= 15 is 0 Å². The van der Waals surface area contributed by atoms with Crippen molar-refractivity contribution in [1.29, 1.82) is 0 Å². The zero-order chi connectivity index (χ0) is 16.8. The Hall–Kier alpha value is -2.44. The summed E-state index contributed by atoms with van der Waals surface area (Å²) in [6.07, 6.45) is -0.753. The Morgan fingerprint density at radius 3 is 2.30 bits per heavy atom. The van der Waals surface area contributed by atoms with Crippen LogP contribution in [0.2, 0.25) is 10.0 Å². The summed E-state index contributed by atoms with van der Waals surface area (Å²) in [7, 11) is 1.50. The van der Waals surface area contributed by atoms with Crippen molar-refractivity contribution >= 4 is 46.7 Å². The van der Waals surface area contributed by atoms with Crippen LogP contribution in [0.3, 0.4) is 0 Å². The van der Waals surface area contributed by atoms with E-state index in [0.29, 0.717) is 15.7 Å². The maximum absolute atomic E-state index is 11.9. The van der Waals surface area contributed by atoms with Crippen molar-refractivity contribution in [3.05, 3.63) is 52.5 Å². The molecule has 0 radical (unpaired) electrons. The summed E-state index contributed by atoms with van der Waals surface area (Å²) in [5, 5.41) is 8.05. The number of para-hydroxylation sites is 1. The van der Waals surface area contributed by atoms with Crippen molar-refractivity contribution < 1.29 is 14.3 Å². The Kier molecular flexibility index (Phi) is 5.67. The summed E-state index contributed by atoms with van der Waals surface area (Å²) in [6.45, 7) is 0. The second-order valence-electron chi connectivity index (χ2n) is 4.34. The van der Waals surface area contributed by atoms with E-state index in [2.05, 4.69) is 16.0 Å². The molecule has 0 spiro atoms. The standard InChI is InChI=1S/C15H13Cl2N3O3/c1-18-14(21)19-9-4-2-5-10(8-9)23-15(22)20-13-11(16)6-3-7-12(13)17/h2-8H,1H3,(H,20,22)(H2,18,19,21). The number of halogens is 2. The molecule has 2 rings (SSSR count). The lowest BCUT2D eigenvalue weighted by Gasteiger charge is -2.10. The highest BCUT2D eigenvalue weighted by Crippen LogP contribution is 2.30. The maximum atomic E-state index is 11.9. The van der Waals surface area contributed by atoms with Crippen LogP contribution >= 0.6 is 23.2 Å². The van der Waals surface area contributed by atoms with Gasteiger partial charge in [-0.25, -0.2) is 9.59 Å². The third-order valence-corrected chi connectivity index (χ3v) is 3.35. The van der Waals surface area contributed by atoms with Crippen LogP contribution in [0.15, 0.2) is 42.5 Å². The van der Waals surface area contributed by atoms with Gasteiger partial charge in [-0.1, -0.05) is 35.3 Å². The van der Waals surface area contributed by atoms with Gasteiger partial charge in [0, 0.05) is 18.8 Å². The Bertz CT molecular complexity index is 717. The summed E-state index contributed by atoms with van der Waals surface area (Å²) in [6, 6.07) is 10.8.